The molecule has 0 aliphatic heterocycles. The summed E-state index contributed by atoms with van der Waals surface area (Å²) < 4.78 is 18.0. The zero-order valence-electron chi connectivity index (χ0n) is 13.9. The smallest absolute Gasteiger partial charge is 0.191 e. The summed E-state index contributed by atoms with van der Waals surface area (Å²) in [5, 5.41) is 6.46. The second-order valence-corrected chi connectivity index (χ2v) is 5.16. The Kier molecular flexibility index (Phi) is 9.33. The number of rotatable bonds is 6. The van der Waals surface area contributed by atoms with E-state index in [-0.39, 0.29) is 29.8 Å². The Morgan fingerprint density at radius 1 is 0.917 bits per heavy atom. The second-order valence-electron chi connectivity index (χ2n) is 5.16. The van der Waals surface area contributed by atoms with Gasteiger partial charge in [0.15, 0.2) is 5.96 Å². The van der Waals surface area contributed by atoms with E-state index >= 15 is 0 Å². The first-order valence-electron chi connectivity index (χ1n) is 7.47. The Labute approximate surface area is 159 Å². The Balaban J connectivity index is 0.00000288. The molecule has 0 aromatic heterocycles. The summed E-state index contributed by atoms with van der Waals surface area (Å²) in [7, 11) is 3.41. The molecule has 0 heterocycles. The number of guanidine groups is 1. The first-order chi connectivity index (χ1) is 11.2. The molecular weight excluding hydrogens is 420 g/mol. The average molecular weight is 443 g/mol. The SMILES string of the molecule is CN=C(NCc1ccc(F)cc1)NCc1ccc(COC)cc1.I. The van der Waals surface area contributed by atoms with E-state index < -0.39 is 0 Å². The summed E-state index contributed by atoms with van der Waals surface area (Å²) in [5.74, 6) is 0.475. The first-order valence-corrected chi connectivity index (χ1v) is 7.47. The molecular formula is C18H23FIN3O. The fourth-order valence-electron chi connectivity index (χ4n) is 2.11. The van der Waals surface area contributed by atoms with Gasteiger partial charge in [0.2, 0.25) is 0 Å². The van der Waals surface area contributed by atoms with Crippen LogP contribution in [0.3, 0.4) is 0 Å². The molecule has 0 amide bonds. The summed E-state index contributed by atoms with van der Waals surface area (Å²) in [5.41, 5.74) is 3.31. The lowest BCUT2D eigenvalue weighted by molar-refractivity contribution is 0.185. The quantitative estimate of drug-likeness (QED) is 0.409. The fraction of sp³-hybridized carbons (Fsp3) is 0.278. The minimum Gasteiger partial charge on any atom is -0.380 e. The Hall–Kier alpha value is -1.67. The van der Waals surface area contributed by atoms with Gasteiger partial charge in [0.1, 0.15) is 5.82 Å². The third kappa shape index (κ3) is 6.84. The molecule has 130 valence electrons. The van der Waals surface area contributed by atoms with Crippen molar-refractivity contribution in [1.29, 1.82) is 0 Å². The predicted octanol–water partition coefficient (Wildman–Crippen LogP) is 3.46. The normalized spacial score (nSPS) is 10.9. The average Bonchev–Trinajstić information content (AvgIpc) is 2.58. The molecule has 0 aliphatic carbocycles. The van der Waals surface area contributed by atoms with Gasteiger partial charge in [0, 0.05) is 27.2 Å². The number of methoxy groups -OCH3 is 1. The molecule has 6 heteroatoms. The third-order valence-electron chi connectivity index (χ3n) is 3.39. The van der Waals surface area contributed by atoms with Crippen LogP contribution in [0, 0.1) is 5.82 Å². The molecule has 0 atom stereocenters. The van der Waals surface area contributed by atoms with Crippen molar-refractivity contribution in [2.24, 2.45) is 4.99 Å². The van der Waals surface area contributed by atoms with Crippen LogP contribution < -0.4 is 10.6 Å². The highest BCUT2D eigenvalue weighted by Gasteiger charge is 2.00. The minimum absolute atomic E-state index is 0. The molecule has 0 radical (unpaired) electrons. The van der Waals surface area contributed by atoms with Crippen LogP contribution in [-0.2, 0) is 24.4 Å². The molecule has 2 aromatic rings. The van der Waals surface area contributed by atoms with E-state index in [0.717, 1.165) is 16.7 Å². The van der Waals surface area contributed by atoms with E-state index in [9.17, 15) is 4.39 Å². The van der Waals surface area contributed by atoms with E-state index in [2.05, 4.69) is 39.9 Å². The van der Waals surface area contributed by atoms with Gasteiger partial charge in [-0.2, -0.15) is 0 Å². The maximum Gasteiger partial charge on any atom is 0.191 e. The summed E-state index contributed by atoms with van der Waals surface area (Å²) in [6.07, 6.45) is 0. The minimum atomic E-state index is -0.229. The van der Waals surface area contributed by atoms with Crippen molar-refractivity contribution in [1.82, 2.24) is 10.6 Å². The predicted molar refractivity (Wildman–Crippen MR) is 106 cm³/mol. The third-order valence-corrected chi connectivity index (χ3v) is 3.39. The highest BCUT2D eigenvalue weighted by atomic mass is 127. The largest absolute Gasteiger partial charge is 0.380 e. The standard InChI is InChI=1S/C18H22FN3O.HI/c1-20-18(22-12-15-7-9-17(19)10-8-15)21-11-14-3-5-16(6-4-14)13-23-2;/h3-10H,11-13H2,1-2H3,(H2,20,21,22);1H. The van der Waals surface area contributed by atoms with Crippen LogP contribution in [0.25, 0.3) is 0 Å². The summed E-state index contributed by atoms with van der Waals surface area (Å²) >= 11 is 0. The molecule has 2 aromatic carbocycles. The maximum atomic E-state index is 12.9. The van der Waals surface area contributed by atoms with Crippen molar-refractivity contribution in [3.63, 3.8) is 0 Å². The number of benzene rings is 2. The zero-order chi connectivity index (χ0) is 16.5. The van der Waals surface area contributed by atoms with Gasteiger partial charge in [-0.05, 0) is 28.8 Å². The molecule has 0 spiro atoms. The number of nitrogens with one attached hydrogen (secondary N) is 2. The molecule has 0 unspecified atom stereocenters. The van der Waals surface area contributed by atoms with Gasteiger partial charge >= 0.3 is 0 Å². The Morgan fingerprint density at radius 2 is 1.38 bits per heavy atom. The highest BCUT2D eigenvalue weighted by Crippen LogP contribution is 2.05. The molecule has 2 N–H and O–H groups in total. The fourth-order valence-corrected chi connectivity index (χ4v) is 2.11. The molecule has 24 heavy (non-hydrogen) atoms. The van der Waals surface area contributed by atoms with Crippen molar-refractivity contribution >= 4 is 29.9 Å². The van der Waals surface area contributed by atoms with Gasteiger partial charge in [0.25, 0.3) is 0 Å². The second kappa shape index (κ2) is 11.0. The summed E-state index contributed by atoms with van der Waals surface area (Å²) in [6.45, 7) is 1.89. The summed E-state index contributed by atoms with van der Waals surface area (Å²) in [6, 6.07) is 14.6. The molecule has 0 fully saturated rings. The molecule has 0 saturated heterocycles. The lowest BCUT2D eigenvalue weighted by Gasteiger charge is -2.12. The van der Waals surface area contributed by atoms with Crippen LogP contribution in [-0.4, -0.2) is 20.1 Å². The molecule has 0 aliphatic rings. The van der Waals surface area contributed by atoms with Gasteiger partial charge in [-0.1, -0.05) is 36.4 Å². The van der Waals surface area contributed by atoms with Crippen LogP contribution in [0.2, 0.25) is 0 Å². The van der Waals surface area contributed by atoms with Crippen molar-refractivity contribution < 1.29 is 9.13 Å². The van der Waals surface area contributed by atoms with E-state index in [1.807, 2.05) is 0 Å². The zero-order valence-corrected chi connectivity index (χ0v) is 16.2. The number of aliphatic imine (C=N–C) groups is 1. The van der Waals surface area contributed by atoms with Crippen molar-refractivity contribution in [2.45, 2.75) is 19.7 Å². The van der Waals surface area contributed by atoms with Crippen LogP contribution in [0.4, 0.5) is 4.39 Å². The molecule has 2 rings (SSSR count). The lowest BCUT2D eigenvalue weighted by Crippen LogP contribution is -2.36. The molecule has 4 nitrogen and oxygen atoms in total. The van der Waals surface area contributed by atoms with E-state index in [1.54, 1.807) is 26.3 Å². The van der Waals surface area contributed by atoms with Crippen LogP contribution in [0.15, 0.2) is 53.5 Å². The van der Waals surface area contributed by atoms with Gasteiger partial charge in [-0.3, -0.25) is 4.99 Å². The van der Waals surface area contributed by atoms with Gasteiger partial charge in [-0.25, -0.2) is 4.39 Å². The van der Waals surface area contributed by atoms with E-state index in [0.29, 0.717) is 25.7 Å². The number of nitrogens with zero attached hydrogens (tertiary/aromatic N) is 1. The van der Waals surface area contributed by atoms with E-state index in [4.69, 9.17) is 4.74 Å². The van der Waals surface area contributed by atoms with Crippen molar-refractivity contribution in [3.05, 3.63) is 71.0 Å². The first kappa shape index (κ1) is 20.4. The van der Waals surface area contributed by atoms with Crippen LogP contribution in [0.1, 0.15) is 16.7 Å². The number of ether oxygens (including phenoxy) is 1. The Bertz CT molecular complexity index is 630. The lowest BCUT2D eigenvalue weighted by atomic mass is 10.1. The Morgan fingerprint density at radius 3 is 1.83 bits per heavy atom. The molecule has 0 bridgehead atoms. The van der Waals surface area contributed by atoms with Crippen molar-refractivity contribution in [2.75, 3.05) is 14.2 Å². The highest BCUT2D eigenvalue weighted by molar-refractivity contribution is 14.0. The maximum absolute atomic E-state index is 12.9. The molecule has 0 saturated carbocycles. The van der Waals surface area contributed by atoms with Crippen LogP contribution >= 0.6 is 24.0 Å². The topological polar surface area (TPSA) is 45.7 Å². The summed E-state index contributed by atoms with van der Waals surface area (Å²) in [4.78, 5) is 4.18. The monoisotopic (exact) mass is 443 g/mol. The van der Waals surface area contributed by atoms with Gasteiger partial charge in [0.05, 0.1) is 6.61 Å². The van der Waals surface area contributed by atoms with E-state index in [1.165, 1.54) is 12.1 Å². The van der Waals surface area contributed by atoms with Crippen molar-refractivity contribution in [3.8, 4) is 0 Å². The number of hydrogen-bond donors (Lipinski definition) is 2. The van der Waals surface area contributed by atoms with Gasteiger partial charge < -0.3 is 15.4 Å². The van der Waals surface area contributed by atoms with Crippen LogP contribution in [0.5, 0.6) is 0 Å². The number of hydrogen-bond acceptors (Lipinski definition) is 2. The number of halogens is 2. The van der Waals surface area contributed by atoms with Gasteiger partial charge in [-0.15, -0.1) is 24.0 Å².